The lowest BCUT2D eigenvalue weighted by atomic mass is 10.0. The van der Waals surface area contributed by atoms with E-state index in [1.54, 1.807) is 0 Å². The average Bonchev–Trinajstić information content (AvgIpc) is 2.64. The van der Waals surface area contributed by atoms with Crippen molar-refractivity contribution < 1.29 is 14.3 Å². The lowest BCUT2D eigenvalue weighted by Crippen LogP contribution is -2.04. The number of rotatable bonds is 1. The highest BCUT2D eigenvalue weighted by molar-refractivity contribution is 5.83. The maximum absolute atomic E-state index is 10.9. The highest BCUT2D eigenvalue weighted by Crippen LogP contribution is 2.32. The van der Waals surface area contributed by atoms with Crippen LogP contribution in [0.4, 0.5) is 0 Å². The Morgan fingerprint density at radius 3 is 3.08 bits per heavy atom. The molecular weight excluding hydrogens is 156 g/mol. The molecule has 1 fully saturated rings. The summed E-state index contributed by atoms with van der Waals surface area (Å²) < 4.78 is 9.97. The first-order chi connectivity index (χ1) is 5.79. The molecule has 0 saturated carbocycles. The van der Waals surface area contributed by atoms with Crippen LogP contribution in [0.15, 0.2) is 23.8 Å². The monoisotopic (exact) mass is 166 g/mol. The van der Waals surface area contributed by atoms with Crippen LogP contribution in [0, 0.1) is 0 Å². The Kier molecular flexibility index (Phi) is 1.73. The summed E-state index contributed by atoms with van der Waals surface area (Å²) in [5.41, 5.74) is 1.02. The number of fused-ring (bicyclic) bond motifs is 2. The normalized spacial score (nSPS) is 34.6. The first-order valence-corrected chi connectivity index (χ1v) is 3.92. The van der Waals surface area contributed by atoms with Crippen LogP contribution >= 0.6 is 0 Å². The molecule has 64 valence electrons. The largest absolute Gasteiger partial charge is 0.466 e. The van der Waals surface area contributed by atoms with E-state index in [1.807, 2.05) is 12.2 Å². The van der Waals surface area contributed by atoms with Crippen molar-refractivity contribution in [3.63, 3.8) is 0 Å². The van der Waals surface area contributed by atoms with E-state index in [0.29, 0.717) is 0 Å². The highest BCUT2D eigenvalue weighted by atomic mass is 16.5. The second-order valence-corrected chi connectivity index (χ2v) is 2.93. The molecule has 0 aromatic rings. The molecule has 0 unspecified atom stereocenters. The van der Waals surface area contributed by atoms with Crippen molar-refractivity contribution in [1.29, 1.82) is 0 Å². The standard InChI is InChI=1S/C9H10O3/c1-11-9(10)5-6-4-7-2-3-8(6)12-7/h2-3,5,7-8H,4H2,1H3/t7-,8-/m0/s1. The first kappa shape index (κ1) is 7.55. The molecule has 2 aliphatic heterocycles. The molecule has 2 heterocycles. The maximum Gasteiger partial charge on any atom is 0.330 e. The van der Waals surface area contributed by atoms with Gasteiger partial charge < -0.3 is 9.47 Å². The summed E-state index contributed by atoms with van der Waals surface area (Å²) in [6.45, 7) is 0. The van der Waals surface area contributed by atoms with Crippen molar-refractivity contribution in [3.05, 3.63) is 23.8 Å². The van der Waals surface area contributed by atoms with E-state index >= 15 is 0 Å². The van der Waals surface area contributed by atoms with Gasteiger partial charge in [0.2, 0.25) is 0 Å². The molecule has 0 amide bonds. The van der Waals surface area contributed by atoms with Crippen LogP contribution in [0.1, 0.15) is 6.42 Å². The molecule has 0 aliphatic carbocycles. The van der Waals surface area contributed by atoms with Crippen molar-refractivity contribution >= 4 is 5.97 Å². The second-order valence-electron chi connectivity index (χ2n) is 2.93. The van der Waals surface area contributed by atoms with Crippen LogP contribution in [0.25, 0.3) is 0 Å². The van der Waals surface area contributed by atoms with Gasteiger partial charge in [0.05, 0.1) is 19.3 Å². The van der Waals surface area contributed by atoms with Crippen molar-refractivity contribution in [3.8, 4) is 0 Å². The van der Waals surface area contributed by atoms with Gasteiger partial charge in [0.25, 0.3) is 0 Å². The van der Waals surface area contributed by atoms with E-state index in [4.69, 9.17) is 4.74 Å². The molecule has 2 bridgehead atoms. The molecule has 1 saturated heterocycles. The summed E-state index contributed by atoms with van der Waals surface area (Å²) in [6.07, 6.45) is 6.56. The van der Waals surface area contributed by atoms with Gasteiger partial charge in [0.1, 0.15) is 0 Å². The number of ether oxygens (including phenoxy) is 2. The van der Waals surface area contributed by atoms with Crippen LogP contribution in [-0.2, 0) is 14.3 Å². The summed E-state index contributed by atoms with van der Waals surface area (Å²) in [6, 6.07) is 0. The summed E-state index contributed by atoms with van der Waals surface area (Å²) >= 11 is 0. The van der Waals surface area contributed by atoms with Crippen molar-refractivity contribution in [2.45, 2.75) is 18.6 Å². The van der Waals surface area contributed by atoms with Crippen molar-refractivity contribution in [1.82, 2.24) is 0 Å². The van der Waals surface area contributed by atoms with Gasteiger partial charge >= 0.3 is 5.97 Å². The SMILES string of the molecule is COC(=O)C=C1C[C@@H]2C=C[C@@H]1O2. The first-order valence-electron chi connectivity index (χ1n) is 3.92. The van der Waals surface area contributed by atoms with Crippen LogP contribution in [0.3, 0.4) is 0 Å². The predicted molar refractivity (Wildman–Crippen MR) is 42.5 cm³/mol. The number of carbonyl (C=O) groups is 1. The third-order valence-electron chi connectivity index (χ3n) is 2.13. The van der Waals surface area contributed by atoms with E-state index in [9.17, 15) is 4.79 Å². The van der Waals surface area contributed by atoms with Gasteiger partial charge in [0.15, 0.2) is 0 Å². The maximum atomic E-state index is 10.9. The third kappa shape index (κ3) is 1.16. The Morgan fingerprint density at radius 1 is 1.75 bits per heavy atom. The predicted octanol–water partition coefficient (Wildman–Crippen LogP) is 0.813. The van der Waals surface area contributed by atoms with E-state index in [-0.39, 0.29) is 18.2 Å². The van der Waals surface area contributed by atoms with E-state index in [1.165, 1.54) is 13.2 Å². The minimum Gasteiger partial charge on any atom is -0.466 e. The Hall–Kier alpha value is -1.09. The van der Waals surface area contributed by atoms with Crippen LogP contribution in [0.5, 0.6) is 0 Å². The van der Waals surface area contributed by atoms with Gasteiger partial charge in [0, 0.05) is 12.5 Å². The molecule has 3 nitrogen and oxygen atoms in total. The smallest absolute Gasteiger partial charge is 0.330 e. The number of hydrogen-bond acceptors (Lipinski definition) is 3. The zero-order chi connectivity index (χ0) is 8.55. The molecule has 0 aromatic carbocycles. The fourth-order valence-corrected chi connectivity index (χ4v) is 1.53. The van der Waals surface area contributed by atoms with E-state index in [0.717, 1.165) is 12.0 Å². The zero-order valence-electron chi connectivity index (χ0n) is 6.82. The Labute approximate surface area is 70.7 Å². The summed E-state index contributed by atoms with van der Waals surface area (Å²) in [4.78, 5) is 10.9. The summed E-state index contributed by atoms with van der Waals surface area (Å²) in [5, 5.41) is 0. The minimum atomic E-state index is -0.297. The third-order valence-corrected chi connectivity index (χ3v) is 2.13. The van der Waals surface area contributed by atoms with Gasteiger partial charge in [-0.15, -0.1) is 0 Å². The Morgan fingerprint density at radius 2 is 2.58 bits per heavy atom. The quantitative estimate of drug-likeness (QED) is 0.328. The van der Waals surface area contributed by atoms with Crippen molar-refractivity contribution in [2.75, 3.05) is 7.11 Å². The lowest BCUT2D eigenvalue weighted by Gasteiger charge is -2.03. The fourth-order valence-electron chi connectivity index (χ4n) is 1.53. The van der Waals surface area contributed by atoms with Gasteiger partial charge in [-0.3, -0.25) is 0 Å². The van der Waals surface area contributed by atoms with Gasteiger partial charge in [-0.2, -0.15) is 0 Å². The molecule has 0 spiro atoms. The highest BCUT2D eigenvalue weighted by Gasteiger charge is 2.31. The molecule has 3 heteroatoms. The van der Waals surface area contributed by atoms with E-state index in [2.05, 4.69) is 4.74 Å². The number of carbonyl (C=O) groups excluding carboxylic acids is 1. The average molecular weight is 166 g/mol. The minimum absolute atomic E-state index is 0.0223. The molecule has 2 rings (SSSR count). The van der Waals surface area contributed by atoms with Crippen LogP contribution in [-0.4, -0.2) is 25.3 Å². The Balaban J connectivity index is 2.12. The molecule has 12 heavy (non-hydrogen) atoms. The molecule has 0 radical (unpaired) electrons. The van der Waals surface area contributed by atoms with Gasteiger partial charge in [-0.05, 0) is 5.57 Å². The number of methoxy groups -OCH3 is 1. The summed E-state index contributed by atoms with van der Waals surface area (Å²) in [7, 11) is 1.38. The second kappa shape index (κ2) is 2.75. The van der Waals surface area contributed by atoms with Crippen LogP contribution in [0.2, 0.25) is 0 Å². The molecule has 2 aliphatic rings. The molecule has 0 N–H and O–H groups in total. The fraction of sp³-hybridized carbons (Fsp3) is 0.444. The summed E-state index contributed by atoms with van der Waals surface area (Å²) in [5.74, 6) is -0.297. The zero-order valence-corrected chi connectivity index (χ0v) is 6.82. The Bertz CT molecular complexity index is 265. The van der Waals surface area contributed by atoms with Crippen molar-refractivity contribution in [2.24, 2.45) is 0 Å². The molecule has 2 atom stereocenters. The van der Waals surface area contributed by atoms with Crippen LogP contribution < -0.4 is 0 Å². The number of hydrogen-bond donors (Lipinski definition) is 0. The molecule has 0 aromatic heterocycles. The number of esters is 1. The molecular formula is C9H10O3. The lowest BCUT2D eigenvalue weighted by molar-refractivity contribution is -0.134. The van der Waals surface area contributed by atoms with E-state index < -0.39 is 0 Å². The van der Waals surface area contributed by atoms with Gasteiger partial charge in [-0.25, -0.2) is 4.79 Å². The topological polar surface area (TPSA) is 35.5 Å². The van der Waals surface area contributed by atoms with Gasteiger partial charge in [-0.1, -0.05) is 12.2 Å².